The van der Waals surface area contributed by atoms with Crippen LogP contribution in [0.5, 0.6) is 0 Å². The number of hydrogen-bond acceptors (Lipinski definition) is 6. The van der Waals surface area contributed by atoms with Crippen molar-refractivity contribution in [1.29, 1.82) is 0 Å². The second-order valence-corrected chi connectivity index (χ2v) is 6.78. The van der Waals surface area contributed by atoms with E-state index in [2.05, 4.69) is 0 Å². The third-order valence-electron chi connectivity index (χ3n) is 4.66. The summed E-state index contributed by atoms with van der Waals surface area (Å²) in [7, 11) is 0. The number of allylic oxidation sites excluding steroid dienone is 1. The summed E-state index contributed by atoms with van der Waals surface area (Å²) in [6.45, 7) is 7.09. The highest BCUT2D eigenvalue weighted by atomic mass is 35.5. The van der Waals surface area contributed by atoms with E-state index in [1.54, 1.807) is 26.8 Å². The van der Waals surface area contributed by atoms with Gasteiger partial charge in [-0.3, -0.25) is 14.4 Å². The van der Waals surface area contributed by atoms with Gasteiger partial charge in [-0.15, -0.1) is 0 Å². The normalized spacial score (nSPS) is 13.9. The Labute approximate surface area is 169 Å². The molecule has 0 fully saturated rings. The number of hydrogen-bond donors (Lipinski definition) is 0. The highest BCUT2D eigenvalue weighted by Crippen LogP contribution is 2.41. The lowest BCUT2D eigenvalue weighted by Crippen LogP contribution is -2.40. The molecule has 0 heterocycles. The van der Waals surface area contributed by atoms with Crippen molar-refractivity contribution in [2.75, 3.05) is 19.8 Å². The van der Waals surface area contributed by atoms with Crippen LogP contribution in [0.4, 0.5) is 0 Å². The molecule has 0 saturated heterocycles. The zero-order valence-electron chi connectivity index (χ0n) is 16.5. The first-order valence-electron chi connectivity index (χ1n) is 9.33. The zero-order valence-corrected chi connectivity index (χ0v) is 17.3. The van der Waals surface area contributed by atoms with Gasteiger partial charge in [0.2, 0.25) is 0 Å². The summed E-state index contributed by atoms with van der Waals surface area (Å²) in [5.74, 6) is -4.79. The van der Waals surface area contributed by atoms with E-state index in [0.29, 0.717) is 17.0 Å². The van der Waals surface area contributed by atoms with Gasteiger partial charge in [-0.25, -0.2) is 0 Å². The molecule has 0 spiro atoms. The van der Waals surface area contributed by atoms with Crippen molar-refractivity contribution in [1.82, 2.24) is 0 Å². The standard InChI is InChI=1S/C21H25ClO6/c1-5-26-19(23)17(18(20(24)27-6-2)21(25)28-7-3)16-11-13-10-14(22)8-9-15(13)12(16)4/h8-10,17-18H,5-7,11H2,1-4H3. The lowest BCUT2D eigenvalue weighted by atomic mass is 9.83. The van der Waals surface area contributed by atoms with Crippen molar-refractivity contribution in [3.63, 3.8) is 0 Å². The molecule has 6 nitrogen and oxygen atoms in total. The molecule has 0 bridgehead atoms. The summed E-state index contributed by atoms with van der Waals surface area (Å²) in [5.41, 5.74) is 3.33. The van der Waals surface area contributed by atoms with Gasteiger partial charge in [0.25, 0.3) is 0 Å². The van der Waals surface area contributed by atoms with Gasteiger partial charge < -0.3 is 14.2 Å². The van der Waals surface area contributed by atoms with Gasteiger partial charge in [-0.2, -0.15) is 0 Å². The predicted octanol–water partition coefficient (Wildman–Crippen LogP) is 3.59. The van der Waals surface area contributed by atoms with Crippen molar-refractivity contribution < 1.29 is 28.6 Å². The Hall–Kier alpha value is -2.34. The van der Waals surface area contributed by atoms with Crippen molar-refractivity contribution in [2.45, 2.75) is 34.1 Å². The number of ether oxygens (including phenoxy) is 3. The van der Waals surface area contributed by atoms with E-state index in [1.807, 2.05) is 19.1 Å². The summed E-state index contributed by atoms with van der Waals surface area (Å²) >= 11 is 6.10. The molecule has 1 unspecified atom stereocenters. The van der Waals surface area contributed by atoms with Crippen molar-refractivity contribution in [3.05, 3.63) is 39.9 Å². The highest BCUT2D eigenvalue weighted by Gasteiger charge is 2.46. The van der Waals surface area contributed by atoms with Crippen LogP contribution in [0.25, 0.3) is 5.57 Å². The molecular formula is C21H25ClO6. The van der Waals surface area contributed by atoms with Gasteiger partial charge in [0.15, 0.2) is 5.92 Å². The average Bonchev–Trinajstić information content (AvgIpc) is 2.95. The number of carbonyl (C=O) groups is 3. The van der Waals surface area contributed by atoms with Crippen LogP contribution in [0.1, 0.15) is 38.8 Å². The molecule has 1 aliphatic rings. The van der Waals surface area contributed by atoms with Gasteiger partial charge in [-0.1, -0.05) is 17.7 Å². The van der Waals surface area contributed by atoms with Gasteiger partial charge in [0.1, 0.15) is 5.92 Å². The number of esters is 3. The summed E-state index contributed by atoms with van der Waals surface area (Å²) in [5, 5.41) is 0.577. The number of halogens is 1. The molecule has 28 heavy (non-hydrogen) atoms. The monoisotopic (exact) mass is 408 g/mol. The molecule has 0 aliphatic heterocycles. The first-order valence-corrected chi connectivity index (χ1v) is 9.71. The number of carbonyl (C=O) groups excluding carboxylic acids is 3. The first-order chi connectivity index (χ1) is 13.3. The lowest BCUT2D eigenvalue weighted by molar-refractivity contribution is -0.170. The molecule has 0 amide bonds. The van der Waals surface area contributed by atoms with Crippen LogP contribution >= 0.6 is 11.6 Å². The molecule has 152 valence electrons. The Morgan fingerprint density at radius 2 is 1.50 bits per heavy atom. The number of rotatable bonds is 8. The molecule has 7 heteroatoms. The number of fused-ring (bicyclic) bond motifs is 1. The maximum absolute atomic E-state index is 12.9. The Balaban J connectivity index is 2.54. The fraction of sp³-hybridized carbons (Fsp3) is 0.476. The SMILES string of the molecule is CCOC(=O)C(C(=O)OCC)C(C(=O)OCC)C1=C(C)c2ccc(Cl)cc2C1. The van der Waals surface area contributed by atoms with Crippen molar-refractivity contribution >= 4 is 35.1 Å². The zero-order chi connectivity index (χ0) is 20.8. The lowest BCUT2D eigenvalue weighted by Gasteiger charge is -2.24. The maximum Gasteiger partial charge on any atom is 0.321 e. The van der Waals surface area contributed by atoms with E-state index in [-0.39, 0.29) is 19.8 Å². The number of benzene rings is 1. The molecule has 1 aliphatic carbocycles. The second-order valence-electron chi connectivity index (χ2n) is 6.34. The van der Waals surface area contributed by atoms with E-state index in [4.69, 9.17) is 25.8 Å². The van der Waals surface area contributed by atoms with Crippen molar-refractivity contribution in [2.24, 2.45) is 11.8 Å². The molecular weight excluding hydrogens is 384 g/mol. The van der Waals surface area contributed by atoms with Gasteiger partial charge in [-0.05, 0) is 68.5 Å². The largest absolute Gasteiger partial charge is 0.465 e. The van der Waals surface area contributed by atoms with E-state index >= 15 is 0 Å². The van der Waals surface area contributed by atoms with E-state index in [9.17, 15) is 14.4 Å². The molecule has 1 aromatic carbocycles. The fourth-order valence-corrected chi connectivity index (χ4v) is 3.67. The summed E-state index contributed by atoms with van der Waals surface area (Å²) in [6, 6.07) is 5.45. The topological polar surface area (TPSA) is 78.9 Å². The smallest absolute Gasteiger partial charge is 0.321 e. The predicted molar refractivity (Wildman–Crippen MR) is 105 cm³/mol. The Morgan fingerprint density at radius 3 is 2.04 bits per heavy atom. The van der Waals surface area contributed by atoms with E-state index in [0.717, 1.165) is 16.7 Å². The third kappa shape index (κ3) is 4.55. The second kappa shape index (κ2) is 9.73. The highest BCUT2D eigenvalue weighted by molar-refractivity contribution is 6.30. The molecule has 0 saturated carbocycles. The first kappa shape index (κ1) is 22.0. The maximum atomic E-state index is 12.9. The minimum Gasteiger partial charge on any atom is -0.465 e. The molecule has 1 aromatic rings. The van der Waals surface area contributed by atoms with Gasteiger partial charge in [0, 0.05) is 5.02 Å². The molecule has 1 atom stereocenters. The molecule has 0 aromatic heterocycles. The van der Waals surface area contributed by atoms with Crippen LogP contribution in [0, 0.1) is 11.8 Å². The Bertz CT molecular complexity index is 780. The van der Waals surface area contributed by atoms with Gasteiger partial charge >= 0.3 is 17.9 Å². The summed E-state index contributed by atoms with van der Waals surface area (Å²) < 4.78 is 15.4. The minimum atomic E-state index is -1.42. The van der Waals surface area contributed by atoms with Crippen LogP contribution < -0.4 is 0 Å². The van der Waals surface area contributed by atoms with Crippen LogP contribution in [0.15, 0.2) is 23.8 Å². The average molecular weight is 409 g/mol. The summed E-state index contributed by atoms with van der Waals surface area (Å²) in [4.78, 5) is 38.1. The minimum absolute atomic E-state index is 0.0815. The molecule has 0 radical (unpaired) electrons. The third-order valence-corrected chi connectivity index (χ3v) is 4.90. The quantitative estimate of drug-likeness (QED) is 0.371. The van der Waals surface area contributed by atoms with Crippen LogP contribution in [-0.2, 0) is 35.0 Å². The fourth-order valence-electron chi connectivity index (χ4n) is 3.47. The van der Waals surface area contributed by atoms with Crippen LogP contribution in [0.2, 0.25) is 5.02 Å². The van der Waals surface area contributed by atoms with Gasteiger partial charge in [0.05, 0.1) is 19.8 Å². The van der Waals surface area contributed by atoms with Crippen LogP contribution in [0.3, 0.4) is 0 Å². The van der Waals surface area contributed by atoms with E-state index in [1.165, 1.54) is 0 Å². The Kier molecular flexibility index (Phi) is 7.63. The summed E-state index contributed by atoms with van der Waals surface area (Å²) in [6.07, 6.45) is 0.389. The molecule has 2 rings (SSSR count). The van der Waals surface area contributed by atoms with E-state index < -0.39 is 29.7 Å². The molecule has 0 N–H and O–H groups in total. The Morgan fingerprint density at radius 1 is 0.964 bits per heavy atom. The van der Waals surface area contributed by atoms with Crippen LogP contribution in [-0.4, -0.2) is 37.7 Å². The van der Waals surface area contributed by atoms with Crippen molar-refractivity contribution in [3.8, 4) is 0 Å².